The minimum atomic E-state index is -0.504. The minimum Gasteiger partial charge on any atom is -0.492 e. The maximum Gasteiger partial charge on any atom is 0.255 e. The first-order valence-electron chi connectivity index (χ1n) is 11.3. The van der Waals surface area contributed by atoms with Gasteiger partial charge < -0.3 is 25.1 Å². The second kappa shape index (κ2) is 8.43. The molecular formula is C26H22FN5O3. The van der Waals surface area contributed by atoms with Gasteiger partial charge in [0.05, 0.1) is 35.3 Å². The number of amides is 1. The van der Waals surface area contributed by atoms with Gasteiger partial charge in [-0.3, -0.25) is 9.78 Å². The van der Waals surface area contributed by atoms with Crippen LogP contribution in [-0.4, -0.2) is 41.1 Å². The van der Waals surface area contributed by atoms with Crippen molar-refractivity contribution in [3.8, 4) is 22.9 Å². The molecule has 1 aromatic carbocycles. The number of halogens is 1. The summed E-state index contributed by atoms with van der Waals surface area (Å²) in [4.78, 5) is 25.8. The number of pyridine rings is 2. The van der Waals surface area contributed by atoms with Gasteiger partial charge in [-0.05, 0) is 30.7 Å². The number of para-hydroxylation sites is 1. The lowest BCUT2D eigenvalue weighted by Crippen LogP contribution is -2.34. The van der Waals surface area contributed by atoms with Gasteiger partial charge in [-0.25, -0.2) is 9.37 Å². The quantitative estimate of drug-likeness (QED) is 0.375. The number of rotatable bonds is 3. The summed E-state index contributed by atoms with van der Waals surface area (Å²) in [7, 11) is 1.41. The zero-order valence-electron chi connectivity index (χ0n) is 18.9. The lowest BCUT2D eigenvalue weighted by molar-refractivity contribution is 0.0941. The maximum atomic E-state index is 14.5. The molecule has 0 saturated heterocycles. The molecule has 3 aromatic heterocycles. The van der Waals surface area contributed by atoms with Crippen molar-refractivity contribution >= 4 is 28.3 Å². The number of methoxy groups -OCH3 is 1. The average Bonchev–Trinajstić information content (AvgIpc) is 3.24. The fraction of sp³-hybridized carbons (Fsp3) is 0.192. The van der Waals surface area contributed by atoms with E-state index >= 15 is 0 Å². The van der Waals surface area contributed by atoms with Crippen LogP contribution in [0.1, 0.15) is 28.4 Å². The summed E-state index contributed by atoms with van der Waals surface area (Å²) >= 11 is 0. The summed E-state index contributed by atoms with van der Waals surface area (Å²) in [6.07, 6.45) is 6.39. The van der Waals surface area contributed by atoms with Crippen molar-refractivity contribution in [2.75, 3.05) is 25.6 Å². The second-order valence-electron chi connectivity index (χ2n) is 8.41. The first-order valence-corrected chi connectivity index (χ1v) is 11.3. The van der Waals surface area contributed by atoms with E-state index in [4.69, 9.17) is 14.5 Å². The van der Waals surface area contributed by atoms with E-state index < -0.39 is 5.82 Å². The fourth-order valence-electron chi connectivity index (χ4n) is 4.70. The van der Waals surface area contributed by atoms with Crippen LogP contribution in [0.25, 0.3) is 22.3 Å². The number of anilines is 2. The van der Waals surface area contributed by atoms with Crippen LogP contribution in [0.3, 0.4) is 0 Å². The standard InChI is InChI=1S/C26H22FN5O3/c1-34-25-16(27)6-4-7-18(25)30-24-20-21-14(13-29-26(20)33)5-2-3-12-35-19-9-8-17-22(31-19)15(10-11-28-17)23(24)32-21/h2-4,6-11,14,30,32H,5,12-13H2,1H3,(H,29,33)/b3-2+/t14-/m1/s1. The van der Waals surface area contributed by atoms with Gasteiger partial charge in [0.1, 0.15) is 12.1 Å². The van der Waals surface area contributed by atoms with E-state index in [2.05, 4.69) is 20.6 Å². The summed E-state index contributed by atoms with van der Waals surface area (Å²) in [5.41, 5.74) is 4.93. The molecule has 2 aliphatic heterocycles. The molecule has 4 aromatic rings. The molecule has 1 amide bonds. The number of benzene rings is 1. The number of nitrogens with zero attached hydrogens (tertiary/aromatic N) is 2. The van der Waals surface area contributed by atoms with Gasteiger partial charge >= 0.3 is 0 Å². The molecule has 5 heterocycles. The minimum absolute atomic E-state index is 0.0248. The van der Waals surface area contributed by atoms with E-state index in [9.17, 15) is 9.18 Å². The van der Waals surface area contributed by atoms with Crippen LogP contribution < -0.4 is 20.1 Å². The van der Waals surface area contributed by atoms with Gasteiger partial charge in [0.2, 0.25) is 5.88 Å². The number of aromatic nitrogens is 3. The van der Waals surface area contributed by atoms with Crippen molar-refractivity contribution in [1.29, 1.82) is 0 Å². The van der Waals surface area contributed by atoms with Gasteiger partial charge in [0.15, 0.2) is 11.6 Å². The van der Waals surface area contributed by atoms with Gasteiger partial charge in [-0.15, -0.1) is 0 Å². The first kappa shape index (κ1) is 21.2. The van der Waals surface area contributed by atoms with Crippen LogP contribution in [0.4, 0.5) is 15.8 Å². The number of allylic oxidation sites excluding steroid dienone is 1. The molecule has 0 radical (unpaired) electrons. The Kier molecular flexibility index (Phi) is 5.09. The molecule has 176 valence electrons. The summed E-state index contributed by atoms with van der Waals surface area (Å²) < 4.78 is 25.6. The molecule has 35 heavy (non-hydrogen) atoms. The summed E-state index contributed by atoms with van der Waals surface area (Å²) in [5, 5.41) is 6.28. The van der Waals surface area contributed by atoms with Gasteiger partial charge in [0.25, 0.3) is 5.91 Å². The second-order valence-corrected chi connectivity index (χ2v) is 8.41. The largest absolute Gasteiger partial charge is 0.492 e. The molecule has 0 unspecified atom stereocenters. The third-order valence-corrected chi connectivity index (χ3v) is 6.35. The maximum absolute atomic E-state index is 14.5. The summed E-state index contributed by atoms with van der Waals surface area (Å²) in [6, 6.07) is 10.1. The molecular weight excluding hydrogens is 449 g/mol. The predicted molar refractivity (Wildman–Crippen MR) is 130 cm³/mol. The van der Waals surface area contributed by atoms with Crippen molar-refractivity contribution in [3.05, 3.63) is 71.8 Å². The Bertz CT molecular complexity index is 1500. The van der Waals surface area contributed by atoms with Crippen LogP contribution in [0.15, 0.2) is 54.7 Å². The Labute approximate surface area is 200 Å². The van der Waals surface area contributed by atoms with E-state index in [0.29, 0.717) is 59.1 Å². The van der Waals surface area contributed by atoms with Gasteiger partial charge in [0, 0.05) is 36.0 Å². The number of nitrogens with one attached hydrogen (secondary N) is 3. The monoisotopic (exact) mass is 471 g/mol. The normalized spacial score (nSPS) is 17.5. The van der Waals surface area contributed by atoms with Crippen molar-refractivity contribution < 1.29 is 18.7 Å². The third-order valence-electron chi connectivity index (χ3n) is 6.35. The van der Waals surface area contributed by atoms with E-state index in [1.54, 1.807) is 24.4 Å². The van der Waals surface area contributed by atoms with Crippen LogP contribution in [0.2, 0.25) is 0 Å². The Morgan fingerprint density at radius 2 is 2.11 bits per heavy atom. The van der Waals surface area contributed by atoms with E-state index in [0.717, 1.165) is 11.3 Å². The smallest absolute Gasteiger partial charge is 0.255 e. The molecule has 9 heteroatoms. The molecule has 0 spiro atoms. The number of hydrogen-bond acceptors (Lipinski definition) is 6. The summed E-state index contributed by atoms with van der Waals surface area (Å²) in [5.74, 6) is -0.145. The van der Waals surface area contributed by atoms with Gasteiger partial charge in [-0.1, -0.05) is 18.2 Å². The molecule has 0 saturated carbocycles. The van der Waals surface area contributed by atoms with Crippen molar-refractivity contribution in [1.82, 2.24) is 20.3 Å². The molecule has 8 nitrogen and oxygen atoms in total. The number of H-pyrrole nitrogens is 1. The number of carbonyl (C=O) groups excluding carboxylic acids is 1. The van der Waals surface area contributed by atoms with E-state index in [-0.39, 0.29) is 17.6 Å². The van der Waals surface area contributed by atoms with Crippen LogP contribution >= 0.6 is 0 Å². The molecule has 1 atom stereocenters. The fourth-order valence-corrected chi connectivity index (χ4v) is 4.70. The topological polar surface area (TPSA) is 101 Å². The molecule has 0 fully saturated rings. The molecule has 2 aliphatic rings. The predicted octanol–water partition coefficient (Wildman–Crippen LogP) is 4.68. The molecule has 3 N–H and O–H groups in total. The zero-order chi connectivity index (χ0) is 23.9. The number of aromatic amines is 1. The Hall–Kier alpha value is -4.40. The highest BCUT2D eigenvalue weighted by Gasteiger charge is 2.33. The molecule has 4 bridgehead atoms. The van der Waals surface area contributed by atoms with Crippen LogP contribution in [0, 0.1) is 5.82 Å². The lowest BCUT2D eigenvalue weighted by atomic mass is 9.93. The van der Waals surface area contributed by atoms with Crippen molar-refractivity contribution in [3.63, 3.8) is 0 Å². The number of fused-ring (bicyclic) bond motifs is 3. The number of ether oxygens (including phenoxy) is 2. The Morgan fingerprint density at radius 3 is 3.00 bits per heavy atom. The molecule has 0 aliphatic carbocycles. The van der Waals surface area contributed by atoms with Crippen LogP contribution in [-0.2, 0) is 0 Å². The van der Waals surface area contributed by atoms with Crippen LogP contribution in [0.5, 0.6) is 11.6 Å². The number of carbonyl (C=O) groups is 1. The van der Waals surface area contributed by atoms with Crippen molar-refractivity contribution in [2.45, 2.75) is 12.3 Å². The first-order chi connectivity index (χ1) is 17.1. The number of hydrogen-bond donors (Lipinski definition) is 3. The van der Waals surface area contributed by atoms with E-state index in [1.165, 1.54) is 13.2 Å². The Balaban J connectivity index is 1.64. The average molecular weight is 471 g/mol. The van der Waals surface area contributed by atoms with Gasteiger partial charge in [-0.2, -0.15) is 0 Å². The Morgan fingerprint density at radius 1 is 1.20 bits per heavy atom. The third kappa shape index (κ3) is 3.56. The highest BCUT2D eigenvalue weighted by Crippen LogP contribution is 2.43. The van der Waals surface area contributed by atoms with Crippen molar-refractivity contribution in [2.24, 2.45) is 0 Å². The highest BCUT2D eigenvalue weighted by atomic mass is 19.1. The zero-order valence-corrected chi connectivity index (χ0v) is 18.9. The highest BCUT2D eigenvalue weighted by molar-refractivity contribution is 6.08. The SMILES string of the molecule is COc1c(F)cccc1Nc1c2[nH]c3c1C(=O)NC[C@H]3C/C=C/COc1ccc3nccc-2c3n1. The lowest BCUT2D eigenvalue weighted by Gasteiger charge is -2.23. The van der Waals surface area contributed by atoms with E-state index in [1.807, 2.05) is 24.3 Å². The molecule has 6 rings (SSSR count). The summed E-state index contributed by atoms with van der Waals surface area (Å²) in [6.45, 7) is 0.888.